The minimum atomic E-state index is -0.443. The Balaban J connectivity index is 2.61. The zero-order valence-corrected chi connectivity index (χ0v) is 11.8. The van der Waals surface area contributed by atoms with Gasteiger partial charge in [-0.1, -0.05) is 28.1 Å². The molecule has 0 N–H and O–H groups in total. The Labute approximate surface area is 114 Å². The van der Waals surface area contributed by atoms with Crippen LogP contribution in [0.15, 0.2) is 34.8 Å². The van der Waals surface area contributed by atoms with Gasteiger partial charge in [-0.25, -0.2) is 0 Å². The third kappa shape index (κ3) is 4.71. The maximum absolute atomic E-state index is 11.7. The van der Waals surface area contributed by atoms with Crippen molar-refractivity contribution in [3.8, 4) is 0 Å². The number of halogens is 1. The van der Waals surface area contributed by atoms with Gasteiger partial charge < -0.3 is 9.64 Å². The van der Waals surface area contributed by atoms with Crippen LogP contribution < -0.4 is 0 Å². The van der Waals surface area contributed by atoms with Gasteiger partial charge in [0.25, 0.3) is 0 Å². The van der Waals surface area contributed by atoms with Gasteiger partial charge >= 0.3 is 5.97 Å². The second-order valence-corrected chi connectivity index (χ2v) is 4.57. The molecule has 0 bridgehead atoms. The van der Waals surface area contributed by atoms with E-state index in [1.807, 2.05) is 24.3 Å². The average molecular weight is 312 g/mol. The van der Waals surface area contributed by atoms with E-state index in [-0.39, 0.29) is 12.5 Å². The van der Waals surface area contributed by atoms with Crippen LogP contribution >= 0.6 is 15.9 Å². The molecule has 0 saturated carbocycles. The Morgan fingerprint density at radius 2 is 2.17 bits per heavy atom. The van der Waals surface area contributed by atoms with E-state index in [0.29, 0.717) is 0 Å². The van der Waals surface area contributed by atoms with Gasteiger partial charge in [-0.3, -0.25) is 9.59 Å². The van der Waals surface area contributed by atoms with Crippen LogP contribution in [0.1, 0.15) is 5.56 Å². The van der Waals surface area contributed by atoms with Crippen LogP contribution in [0.5, 0.6) is 0 Å². The molecular formula is C13H14BrNO3. The molecule has 0 saturated heterocycles. The van der Waals surface area contributed by atoms with E-state index in [0.717, 1.165) is 10.0 Å². The average Bonchev–Trinajstić information content (AvgIpc) is 2.35. The summed E-state index contributed by atoms with van der Waals surface area (Å²) in [6.45, 7) is -0.0574. The lowest BCUT2D eigenvalue weighted by Crippen LogP contribution is -2.31. The molecule has 5 heteroatoms. The monoisotopic (exact) mass is 311 g/mol. The first-order chi connectivity index (χ1) is 8.52. The maximum atomic E-state index is 11.7. The fourth-order valence-corrected chi connectivity index (χ4v) is 1.66. The first-order valence-corrected chi connectivity index (χ1v) is 6.08. The van der Waals surface area contributed by atoms with Gasteiger partial charge in [0.05, 0.1) is 7.11 Å². The number of likely N-dealkylation sites (N-methyl/N-ethyl adjacent to an activating group) is 1. The maximum Gasteiger partial charge on any atom is 0.325 e. The quantitative estimate of drug-likeness (QED) is 0.632. The van der Waals surface area contributed by atoms with Crippen molar-refractivity contribution in [1.82, 2.24) is 4.90 Å². The summed E-state index contributed by atoms with van der Waals surface area (Å²) in [6.07, 6.45) is 3.12. The van der Waals surface area contributed by atoms with Crippen molar-refractivity contribution in [2.45, 2.75) is 0 Å². The second kappa shape index (κ2) is 6.96. The number of carbonyl (C=O) groups is 2. The van der Waals surface area contributed by atoms with Crippen LogP contribution in [0, 0.1) is 0 Å². The number of nitrogens with zero attached hydrogens (tertiary/aromatic N) is 1. The number of hydrogen-bond acceptors (Lipinski definition) is 3. The Kier molecular flexibility index (Phi) is 5.58. The van der Waals surface area contributed by atoms with Gasteiger partial charge in [0.1, 0.15) is 6.54 Å². The predicted octanol–water partition coefficient (Wildman–Crippen LogP) is 2.09. The van der Waals surface area contributed by atoms with Crippen molar-refractivity contribution in [1.29, 1.82) is 0 Å². The topological polar surface area (TPSA) is 46.6 Å². The molecule has 0 atom stereocenters. The van der Waals surface area contributed by atoms with E-state index >= 15 is 0 Å². The highest BCUT2D eigenvalue weighted by Gasteiger charge is 2.09. The molecule has 0 aromatic heterocycles. The standard InChI is InChI=1S/C13H14BrNO3/c1-15(9-13(17)18-2)12(16)7-6-10-4-3-5-11(14)8-10/h3-8H,9H2,1-2H3. The SMILES string of the molecule is COC(=O)CN(C)C(=O)C=Cc1cccc(Br)c1. The minimum Gasteiger partial charge on any atom is -0.468 e. The molecule has 0 aliphatic rings. The number of rotatable bonds is 4. The molecule has 0 heterocycles. The van der Waals surface area contributed by atoms with Crippen LogP contribution in [-0.2, 0) is 14.3 Å². The molecule has 1 amide bonds. The minimum absolute atomic E-state index is 0.0574. The van der Waals surface area contributed by atoms with Crippen LogP contribution in [0.3, 0.4) is 0 Å². The lowest BCUT2D eigenvalue weighted by Gasteiger charge is -2.12. The van der Waals surface area contributed by atoms with Gasteiger partial charge in [-0.15, -0.1) is 0 Å². The molecule has 1 aromatic carbocycles. The fourth-order valence-electron chi connectivity index (χ4n) is 1.24. The molecular weight excluding hydrogens is 298 g/mol. The Bertz CT molecular complexity index is 471. The summed E-state index contributed by atoms with van der Waals surface area (Å²) in [4.78, 5) is 24.0. The molecule has 0 radical (unpaired) electrons. The number of carbonyl (C=O) groups excluding carboxylic acids is 2. The van der Waals surface area contributed by atoms with Crippen molar-refractivity contribution < 1.29 is 14.3 Å². The number of amides is 1. The zero-order valence-electron chi connectivity index (χ0n) is 10.2. The molecule has 0 aliphatic heterocycles. The molecule has 1 aromatic rings. The molecule has 1 rings (SSSR count). The summed E-state index contributed by atoms with van der Waals surface area (Å²) >= 11 is 3.35. The normalized spacial score (nSPS) is 10.4. The van der Waals surface area contributed by atoms with E-state index in [9.17, 15) is 9.59 Å². The van der Waals surface area contributed by atoms with Gasteiger partial charge in [0, 0.05) is 17.6 Å². The summed E-state index contributed by atoms with van der Waals surface area (Å²) in [5.41, 5.74) is 0.907. The molecule has 0 unspecified atom stereocenters. The number of esters is 1. The predicted molar refractivity (Wildman–Crippen MR) is 72.8 cm³/mol. The fraction of sp³-hybridized carbons (Fsp3) is 0.231. The molecule has 0 aliphatic carbocycles. The summed E-state index contributed by atoms with van der Waals surface area (Å²) in [7, 11) is 2.84. The van der Waals surface area contributed by atoms with Crippen LogP contribution in [-0.4, -0.2) is 37.5 Å². The van der Waals surface area contributed by atoms with E-state index in [1.54, 1.807) is 13.1 Å². The van der Waals surface area contributed by atoms with E-state index in [1.165, 1.54) is 18.1 Å². The van der Waals surface area contributed by atoms with Crippen molar-refractivity contribution in [2.24, 2.45) is 0 Å². The lowest BCUT2D eigenvalue weighted by molar-refractivity contribution is -0.144. The van der Waals surface area contributed by atoms with Gasteiger partial charge in [0.15, 0.2) is 0 Å². The highest BCUT2D eigenvalue weighted by molar-refractivity contribution is 9.10. The van der Waals surface area contributed by atoms with Crippen molar-refractivity contribution in [3.05, 3.63) is 40.4 Å². The van der Waals surface area contributed by atoms with Gasteiger partial charge in [0.2, 0.25) is 5.91 Å². The van der Waals surface area contributed by atoms with Gasteiger partial charge in [-0.2, -0.15) is 0 Å². The van der Waals surface area contributed by atoms with E-state index in [2.05, 4.69) is 20.7 Å². The molecule has 4 nitrogen and oxygen atoms in total. The molecule has 96 valence electrons. The third-order valence-electron chi connectivity index (χ3n) is 2.24. The van der Waals surface area contributed by atoms with Crippen LogP contribution in [0.2, 0.25) is 0 Å². The summed E-state index contributed by atoms with van der Waals surface area (Å²) < 4.78 is 5.43. The molecule has 18 heavy (non-hydrogen) atoms. The Morgan fingerprint density at radius 3 is 2.78 bits per heavy atom. The number of ether oxygens (including phenoxy) is 1. The number of methoxy groups -OCH3 is 1. The Hall–Kier alpha value is -1.62. The first kappa shape index (κ1) is 14.4. The zero-order chi connectivity index (χ0) is 13.5. The van der Waals surface area contributed by atoms with Gasteiger partial charge in [-0.05, 0) is 23.8 Å². The lowest BCUT2D eigenvalue weighted by atomic mass is 10.2. The smallest absolute Gasteiger partial charge is 0.325 e. The van der Waals surface area contributed by atoms with Crippen molar-refractivity contribution in [2.75, 3.05) is 20.7 Å². The van der Waals surface area contributed by atoms with Crippen LogP contribution in [0.4, 0.5) is 0 Å². The summed E-state index contributed by atoms with van der Waals surface area (Å²) in [5.74, 6) is -0.693. The summed E-state index contributed by atoms with van der Waals surface area (Å²) in [6, 6.07) is 7.56. The second-order valence-electron chi connectivity index (χ2n) is 3.66. The highest BCUT2D eigenvalue weighted by atomic mass is 79.9. The Morgan fingerprint density at radius 1 is 1.44 bits per heavy atom. The highest BCUT2D eigenvalue weighted by Crippen LogP contribution is 2.12. The molecule has 0 fully saturated rings. The van der Waals surface area contributed by atoms with Crippen molar-refractivity contribution >= 4 is 33.9 Å². The third-order valence-corrected chi connectivity index (χ3v) is 2.73. The molecule has 0 spiro atoms. The van der Waals surface area contributed by atoms with E-state index in [4.69, 9.17) is 0 Å². The number of hydrogen-bond donors (Lipinski definition) is 0. The van der Waals surface area contributed by atoms with Crippen molar-refractivity contribution in [3.63, 3.8) is 0 Å². The first-order valence-electron chi connectivity index (χ1n) is 5.28. The number of benzene rings is 1. The largest absolute Gasteiger partial charge is 0.468 e. The van der Waals surface area contributed by atoms with E-state index < -0.39 is 5.97 Å². The summed E-state index contributed by atoms with van der Waals surface area (Å²) in [5, 5.41) is 0. The van der Waals surface area contributed by atoms with Crippen LogP contribution in [0.25, 0.3) is 6.08 Å².